The van der Waals surface area contributed by atoms with Gasteiger partial charge in [-0.05, 0) is 31.5 Å². The molecule has 0 fully saturated rings. The number of benzene rings is 1. The molecule has 0 bridgehead atoms. The lowest BCUT2D eigenvalue weighted by molar-refractivity contribution is 0.158. The molecule has 0 spiro atoms. The van der Waals surface area contributed by atoms with Gasteiger partial charge in [0.05, 0.1) is 6.61 Å². The van der Waals surface area contributed by atoms with E-state index in [-0.39, 0.29) is 0 Å². The van der Waals surface area contributed by atoms with E-state index < -0.39 is 0 Å². The summed E-state index contributed by atoms with van der Waals surface area (Å²) in [6, 6.07) is 5.86. The number of hydrogen-bond donors (Lipinski definition) is 2. The minimum absolute atomic E-state index is 0.727. The Hall–Kier alpha value is -1.22. The molecule has 1 rings (SSSR count). The van der Waals surface area contributed by atoms with Gasteiger partial charge in [-0.25, -0.2) is 0 Å². The molecule has 3 N–H and O–H groups in total. The zero-order chi connectivity index (χ0) is 10.4. The molecule has 0 saturated carbocycles. The Kier molecular flexibility index (Phi) is 4.26. The molecule has 0 amide bonds. The van der Waals surface area contributed by atoms with E-state index in [2.05, 4.69) is 12.2 Å². The summed E-state index contributed by atoms with van der Waals surface area (Å²) < 4.78 is 5.23. The zero-order valence-electron chi connectivity index (χ0n) is 8.84. The first-order chi connectivity index (χ1) is 6.74. The maximum atomic E-state index is 5.69. The largest absolute Gasteiger partial charge is 0.399 e. The predicted octanol–water partition coefficient (Wildman–Crippen LogP) is 2.03. The molecule has 0 aromatic heterocycles. The summed E-state index contributed by atoms with van der Waals surface area (Å²) in [6.45, 7) is 6.36. The van der Waals surface area contributed by atoms with Gasteiger partial charge in [-0.2, -0.15) is 0 Å². The van der Waals surface area contributed by atoms with Crippen LogP contribution >= 0.6 is 0 Å². The summed E-state index contributed by atoms with van der Waals surface area (Å²) in [4.78, 5) is 0. The van der Waals surface area contributed by atoms with Gasteiger partial charge in [-0.1, -0.05) is 6.07 Å². The summed E-state index contributed by atoms with van der Waals surface area (Å²) in [5.41, 5.74) is 8.77. The van der Waals surface area contributed by atoms with Gasteiger partial charge in [-0.15, -0.1) is 0 Å². The lowest BCUT2D eigenvalue weighted by Gasteiger charge is -2.09. The third-order valence-corrected chi connectivity index (χ3v) is 2.03. The Bertz CT molecular complexity index is 287. The van der Waals surface area contributed by atoms with Crippen LogP contribution in [-0.4, -0.2) is 19.8 Å². The molecule has 3 heteroatoms. The van der Waals surface area contributed by atoms with Crippen molar-refractivity contribution in [3.8, 4) is 0 Å². The highest BCUT2D eigenvalue weighted by Crippen LogP contribution is 2.17. The molecular weight excluding hydrogens is 176 g/mol. The Morgan fingerprint density at radius 2 is 2.21 bits per heavy atom. The van der Waals surface area contributed by atoms with Gasteiger partial charge in [0.15, 0.2) is 0 Å². The van der Waals surface area contributed by atoms with Crippen molar-refractivity contribution in [2.24, 2.45) is 0 Å². The monoisotopic (exact) mass is 194 g/mol. The number of rotatable bonds is 5. The average molecular weight is 194 g/mol. The van der Waals surface area contributed by atoms with Crippen LogP contribution in [0, 0.1) is 6.92 Å². The third-order valence-electron chi connectivity index (χ3n) is 2.03. The standard InChI is InChI=1S/C11H18N2O/c1-3-14-7-6-13-11-8-10(12)5-4-9(11)2/h4-5,8,13H,3,6-7,12H2,1-2H3. The Morgan fingerprint density at radius 1 is 1.43 bits per heavy atom. The van der Waals surface area contributed by atoms with Crippen LogP contribution in [0.2, 0.25) is 0 Å². The molecule has 0 aliphatic rings. The molecule has 1 aromatic rings. The van der Waals surface area contributed by atoms with E-state index >= 15 is 0 Å². The van der Waals surface area contributed by atoms with Crippen LogP contribution in [0.25, 0.3) is 0 Å². The van der Waals surface area contributed by atoms with Gasteiger partial charge in [-0.3, -0.25) is 0 Å². The maximum absolute atomic E-state index is 5.69. The van der Waals surface area contributed by atoms with Crippen molar-refractivity contribution in [2.45, 2.75) is 13.8 Å². The van der Waals surface area contributed by atoms with Crippen LogP contribution in [0.4, 0.5) is 11.4 Å². The topological polar surface area (TPSA) is 47.3 Å². The second-order valence-corrected chi connectivity index (χ2v) is 3.20. The minimum Gasteiger partial charge on any atom is -0.399 e. The van der Waals surface area contributed by atoms with Gasteiger partial charge in [0, 0.05) is 24.5 Å². The molecule has 3 nitrogen and oxygen atoms in total. The van der Waals surface area contributed by atoms with Gasteiger partial charge < -0.3 is 15.8 Å². The van der Waals surface area contributed by atoms with Crippen molar-refractivity contribution in [3.63, 3.8) is 0 Å². The second kappa shape index (κ2) is 5.50. The van der Waals surface area contributed by atoms with E-state index in [9.17, 15) is 0 Å². The molecule has 78 valence electrons. The first-order valence-corrected chi connectivity index (χ1v) is 4.91. The lowest BCUT2D eigenvalue weighted by Crippen LogP contribution is -2.10. The molecule has 0 radical (unpaired) electrons. The number of nitrogen functional groups attached to an aromatic ring is 1. The van der Waals surface area contributed by atoms with Crippen LogP contribution < -0.4 is 11.1 Å². The molecule has 1 aromatic carbocycles. The summed E-state index contributed by atoms with van der Waals surface area (Å²) in [5.74, 6) is 0. The Labute approximate surface area is 85.3 Å². The average Bonchev–Trinajstić information content (AvgIpc) is 2.18. The number of nitrogens with one attached hydrogen (secondary N) is 1. The molecular formula is C11H18N2O. The van der Waals surface area contributed by atoms with Gasteiger partial charge in [0.25, 0.3) is 0 Å². The van der Waals surface area contributed by atoms with Crippen LogP contribution in [-0.2, 0) is 4.74 Å². The highest BCUT2D eigenvalue weighted by molar-refractivity contribution is 5.59. The van der Waals surface area contributed by atoms with E-state index in [4.69, 9.17) is 10.5 Å². The van der Waals surface area contributed by atoms with Crippen LogP contribution in [0.15, 0.2) is 18.2 Å². The van der Waals surface area contributed by atoms with Gasteiger partial charge in [0.2, 0.25) is 0 Å². The van der Waals surface area contributed by atoms with E-state index in [1.165, 1.54) is 5.56 Å². The second-order valence-electron chi connectivity index (χ2n) is 3.20. The smallest absolute Gasteiger partial charge is 0.0638 e. The molecule has 14 heavy (non-hydrogen) atoms. The van der Waals surface area contributed by atoms with Crippen LogP contribution in [0.3, 0.4) is 0 Å². The highest BCUT2D eigenvalue weighted by atomic mass is 16.5. The van der Waals surface area contributed by atoms with E-state index in [0.29, 0.717) is 0 Å². The normalized spacial score (nSPS) is 10.1. The molecule has 0 aliphatic heterocycles. The van der Waals surface area contributed by atoms with Gasteiger partial charge >= 0.3 is 0 Å². The van der Waals surface area contributed by atoms with Crippen molar-refractivity contribution in [1.29, 1.82) is 0 Å². The van der Waals surface area contributed by atoms with Crippen molar-refractivity contribution >= 4 is 11.4 Å². The molecule has 0 aliphatic carbocycles. The Morgan fingerprint density at radius 3 is 2.93 bits per heavy atom. The van der Waals surface area contributed by atoms with E-state index in [1.807, 2.05) is 25.1 Å². The molecule has 0 unspecified atom stereocenters. The number of anilines is 2. The summed E-state index contributed by atoms with van der Waals surface area (Å²) in [5, 5.41) is 3.28. The quantitative estimate of drug-likeness (QED) is 0.557. The predicted molar refractivity (Wildman–Crippen MR) is 60.6 cm³/mol. The van der Waals surface area contributed by atoms with Crippen molar-refractivity contribution in [3.05, 3.63) is 23.8 Å². The van der Waals surface area contributed by atoms with Crippen molar-refractivity contribution in [1.82, 2.24) is 0 Å². The van der Waals surface area contributed by atoms with E-state index in [1.54, 1.807) is 0 Å². The number of aryl methyl sites for hydroxylation is 1. The van der Waals surface area contributed by atoms with Crippen LogP contribution in [0.1, 0.15) is 12.5 Å². The third kappa shape index (κ3) is 3.26. The van der Waals surface area contributed by atoms with Crippen molar-refractivity contribution in [2.75, 3.05) is 30.8 Å². The lowest BCUT2D eigenvalue weighted by atomic mass is 10.2. The minimum atomic E-state index is 0.727. The fourth-order valence-electron chi connectivity index (χ4n) is 1.23. The fraction of sp³-hybridized carbons (Fsp3) is 0.455. The number of hydrogen-bond acceptors (Lipinski definition) is 3. The summed E-state index contributed by atoms with van der Waals surface area (Å²) in [6.07, 6.45) is 0. The van der Waals surface area contributed by atoms with E-state index in [0.717, 1.165) is 31.1 Å². The van der Waals surface area contributed by atoms with Crippen LogP contribution in [0.5, 0.6) is 0 Å². The van der Waals surface area contributed by atoms with Gasteiger partial charge in [0.1, 0.15) is 0 Å². The zero-order valence-corrected chi connectivity index (χ0v) is 8.84. The highest BCUT2D eigenvalue weighted by Gasteiger charge is 1.97. The summed E-state index contributed by atoms with van der Waals surface area (Å²) in [7, 11) is 0. The fourth-order valence-corrected chi connectivity index (χ4v) is 1.23. The van der Waals surface area contributed by atoms with Crippen molar-refractivity contribution < 1.29 is 4.74 Å². The first-order valence-electron chi connectivity index (χ1n) is 4.91. The Balaban J connectivity index is 2.45. The number of nitrogens with two attached hydrogens (primary N) is 1. The molecule has 0 atom stereocenters. The SMILES string of the molecule is CCOCCNc1cc(N)ccc1C. The number of ether oxygens (including phenoxy) is 1. The maximum Gasteiger partial charge on any atom is 0.0638 e. The molecule has 0 saturated heterocycles. The molecule has 0 heterocycles. The summed E-state index contributed by atoms with van der Waals surface area (Å²) >= 11 is 0. The first kappa shape index (κ1) is 10.9.